The van der Waals surface area contributed by atoms with Crippen molar-refractivity contribution in [1.82, 2.24) is 0 Å². The first kappa shape index (κ1) is 23.5. The van der Waals surface area contributed by atoms with Crippen LogP contribution in [-0.2, 0) is 27.2 Å². The predicted octanol–water partition coefficient (Wildman–Crippen LogP) is 4.85. The van der Waals surface area contributed by atoms with Gasteiger partial charge in [0.05, 0.1) is 0 Å². The smallest absolute Gasteiger partial charge is 0.550 e. The molecule has 21 heavy (non-hydrogen) atoms. The summed E-state index contributed by atoms with van der Waals surface area (Å²) in [5.41, 5.74) is 0. The molecule has 0 spiro atoms. The van der Waals surface area contributed by atoms with Crippen molar-refractivity contribution in [3.05, 3.63) is 0 Å². The fraction of sp³-hybridized carbons (Fsp3) is 0.944. The molecule has 0 aromatic carbocycles. The first-order chi connectivity index (χ1) is 9.63. The Balaban J connectivity index is 0. The van der Waals surface area contributed by atoms with E-state index in [-0.39, 0.29) is 28.8 Å². The van der Waals surface area contributed by atoms with Gasteiger partial charge in [0.15, 0.2) is 0 Å². The van der Waals surface area contributed by atoms with Gasteiger partial charge in [-0.3, -0.25) is 0 Å². The topological polar surface area (TPSA) is 40.1 Å². The normalized spacial score (nSPS) is 10.6. The molecule has 0 bridgehead atoms. The van der Waals surface area contributed by atoms with E-state index >= 15 is 0 Å². The van der Waals surface area contributed by atoms with Gasteiger partial charge < -0.3 is 9.90 Å². The van der Waals surface area contributed by atoms with Crippen LogP contribution in [0.2, 0.25) is 0 Å². The Morgan fingerprint density at radius 2 is 1.05 bits per heavy atom. The molecule has 0 unspecified atom stereocenters. The van der Waals surface area contributed by atoms with E-state index in [0.29, 0.717) is 0 Å². The number of unbranched alkanes of at least 4 members (excludes halogenated alkanes) is 11. The SMILES string of the molecule is CC(C)CCCCCCCCCCCCCCC(=O)[O-].[Ag+]. The molecule has 0 aliphatic rings. The fourth-order valence-electron chi connectivity index (χ4n) is 2.59. The average molecular weight is 391 g/mol. The van der Waals surface area contributed by atoms with Crippen LogP contribution in [0.25, 0.3) is 0 Å². The van der Waals surface area contributed by atoms with E-state index in [0.717, 1.165) is 18.8 Å². The molecule has 0 amide bonds. The van der Waals surface area contributed by atoms with Crippen LogP contribution >= 0.6 is 0 Å². The zero-order valence-corrected chi connectivity index (χ0v) is 15.6. The predicted molar refractivity (Wildman–Crippen MR) is 84.5 cm³/mol. The van der Waals surface area contributed by atoms with E-state index in [1.54, 1.807) is 0 Å². The molecule has 0 aliphatic carbocycles. The number of hydrogen-bond donors (Lipinski definition) is 0. The van der Waals surface area contributed by atoms with Crippen molar-refractivity contribution in [1.29, 1.82) is 0 Å². The number of hydrogen-bond acceptors (Lipinski definition) is 2. The van der Waals surface area contributed by atoms with E-state index < -0.39 is 5.97 Å². The number of carbonyl (C=O) groups excluding carboxylic acids is 1. The second kappa shape index (κ2) is 18.3. The van der Waals surface area contributed by atoms with Gasteiger partial charge in [-0.25, -0.2) is 0 Å². The van der Waals surface area contributed by atoms with Crippen molar-refractivity contribution in [3.8, 4) is 0 Å². The van der Waals surface area contributed by atoms with E-state index in [9.17, 15) is 9.90 Å². The van der Waals surface area contributed by atoms with Gasteiger partial charge in [-0.05, 0) is 18.8 Å². The minimum absolute atomic E-state index is 0. The van der Waals surface area contributed by atoms with Gasteiger partial charge in [0.2, 0.25) is 0 Å². The van der Waals surface area contributed by atoms with E-state index in [2.05, 4.69) is 13.8 Å². The Hall–Kier alpha value is 0.210. The van der Waals surface area contributed by atoms with Crippen molar-refractivity contribution in [2.24, 2.45) is 5.92 Å². The van der Waals surface area contributed by atoms with Crippen molar-refractivity contribution in [3.63, 3.8) is 0 Å². The summed E-state index contributed by atoms with van der Waals surface area (Å²) in [6.45, 7) is 4.61. The van der Waals surface area contributed by atoms with Gasteiger partial charge in [0.25, 0.3) is 0 Å². The van der Waals surface area contributed by atoms with E-state index in [1.165, 1.54) is 70.6 Å². The summed E-state index contributed by atoms with van der Waals surface area (Å²) in [5.74, 6) is -0.0415. The molecule has 0 aliphatic heterocycles. The summed E-state index contributed by atoms with van der Waals surface area (Å²) in [7, 11) is 0. The fourth-order valence-corrected chi connectivity index (χ4v) is 2.59. The monoisotopic (exact) mass is 390 g/mol. The van der Waals surface area contributed by atoms with Gasteiger partial charge in [0.1, 0.15) is 0 Å². The molecule has 0 rings (SSSR count). The van der Waals surface area contributed by atoms with Crippen molar-refractivity contribution < 1.29 is 32.3 Å². The molecule has 0 atom stereocenters. The maximum atomic E-state index is 10.2. The van der Waals surface area contributed by atoms with Gasteiger partial charge >= 0.3 is 22.4 Å². The Morgan fingerprint density at radius 1 is 0.714 bits per heavy atom. The Labute approximate surface area is 148 Å². The molecule has 130 valence electrons. The van der Waals surface area contributed by atoms with Crippen LogP contribution < -0.4 is 5.11 Å². The second-order valence-corrected chi connectivity index (χ2v) is 6.55. The van der Waals surface area contributed by atoms with Crippen LogP contribution in [0.3, 0.4) is 0 Å². The Bertz CT molecular complexity index is 217. The molecule has 0 fully saturated rings. The van der Waals surface area contributed by atoms with Gasteiger partial charge in [-0.1, -0.05) is 90.9 Å². The number of carboxylic acid groups (broad SMARTS) is 1. The van der Waals surface area contributed by atoms with Crippen molar-refractivity contribution in [2.75, 3.05) is 0 Å². The van der Waals surface area contributed by atoms with Gasteiger partial charge in [0, 0.05) is 5.97 Å². The number of rotatable bonds is 15. The van der Waals surface area contributed by atoms with Crippen LogP contribution in [0.1, 0.15) is 104 Å². The van der Waals surface area contributed by atoms with E-state index in [4.69, 9.17) is 0 Å². The summed E-state index contributed by atoms with van der Waals surface area (Å²) in [5, 5.41) is 10.2. The molecular formula is C18H35AgO2. The minimum Gasteiger partial charge on any atom is -0.550 e. The van der Waals surface area contributed by atoms with Crippen LogP contribution in [0.5, 0.6) is 0 Å². The molecular weight excluding hydrogens is 356 g/mol. The third-order valence-corrected chi connectivity index (χ3v) is 3.91. The average Bonchev–Trinajstić information content (AvgIpc) is 2.38. The van der Waals surface area contributed by atoms with Gasteiger partial charge in [-0.15, -0.1) is 0 Å². The first-order valence-corrected chi connectivity index (χ1v) is 8.82. The minimum atomic E-state index is -0.904. The zero-order chi connectivity index (χ0) is 15.1. The number of carboxylic acids is 1. The third-order valence-electron chi connectivity index (χ3n) is 3.91. The maximum absolute atomic E-state index is 10.2. The van der Waals surface area contributed by atoms with E-state index in [1.807, 2.05) is 0 Å². The molecule has 0 heterocycles. The summed E-state index contributed by atoms with van der Waals surface area (Å²) in [4.78, 5) is 10.2. The summed E-state index contributed by atoms with van der Waals surface area (Å²) >= 11 is 0. The largest absolute Gasteiger partial charge is 1.00 e. The molecule has 2 nitrogen and oxygen atoms in total. The van der Waals surface area contributed by atoms with Crippen LogP contribution in [-0.4, -0.2) is 5.97 Å². The molecule has 0 N–H and O–H groups in total. The maximum Gasteiger partial charge on any atom is 1.00 e. The molecule has 3 heteroatoms. The molecule has 0 aromatic rings. The molecule has 0 saturated heterocycles. The molecule has 0 radical (unpaired) electrons. The quantitative estimate of drug-likeness (QED) is 0.296. The summed E-state index contributed by atoms with van der Waals surface area (Å²) in [6.07, 6.45) is 17.0. The van der Waals surface area contributed by atoms with Crippen molar-refractivity contribution in [2.45, 2.75) is 104 Å². The standard InChI is InChI=1S/C18H36O2.Ag/c1-17(2)15-13-11-9-7-5-3-4-6-8-10-12-14-16-18(19)20;/h17H,3-16H2,1-2H3,(H,19,20);/q;+1/p-1. The first-order valence-electron chi connectivity index (χ1n) is 8.82. The second-order valence-electron chi connectivity index (χ2n) is 6.55. The van der Waals surface area contributed by atoms with Crippen LogP contribution in [0.4, 0.5) is 0 Å². The third kappa shape index (κ3) is 22.6. The number of carbonyl (C=O) groups is 1. The summed E-state index contributed by atoms with van der Waals surface area (Å²) in [6, 6.07) is 0. The van der Waals surface area contributed by atoms with Crippen LogP contribution in [0.15, 0.2) is 0 Å². The van der Waals surface area contributed by atoms with Crippen molar-refractivity contribution >= 4 is 5.97 Å². The number of aliphatic carboxylic acids is 1. The Kier molecular flexibility index (Phi) is 20.4. The van der Waals surface area contributed by atoms with Gasteiger partial charge in [-0.2, -0.15) is 0 Å². The summed E-state index contributed by atoms with van der Waals surface area (Å²) < 4.78 is 0. The van der Waals surface area contributed by atoms with Crippen LogP contribution in [0, 0.1) is 5.92 Å². The molecule has 0 saturated carbocycles. The zero-order valence-electron chi connectivity index (χ0n) is 14.1. The Morgan fingerprint density at radius 3 is 1.38 bits per heavy atom. The molecule has 0 aromatic heterocycles.